The lowest BCUT2D eigenvalue weighted by Gasteiger charge is -2.27. The van der Waals surface area contributed by atoms with Crippen LogP contribution in [-0.4, -0.2) is 104 Å². The van der Waals surface area contributed by atoms with Crippen LogP contribution in [0.1, 0.15) is 28.7 Å². The minimum absolute atomic E-state index is 0. The number of aliphatic hydroxyl groups is 2. The number of hydrogen-bond donors (Lipinski definition) is 5. The van der Waals surface area contributed by atoms with Crippen LogP contribution in [0.2, 0.25) is 0 Å². The highest BCUT2D eigenvalue weighted by Crippen LogP contribution is 2.33. The maximum absolute atomic E-state index is 12.9. The Kier molecular flexibility index (Phi) is 23.7. The van der Waals surface area contributed by atoms with Gasteiger partial charge in [0.2, 0.25) is 0 Å². The van der Waals surface area contributed by atoms with Crippen LogP contribution in [0.5, 0.6) is 5.75 Å². The zero-order chi connectivity index (χ0) is 52.5. The summed E-state index contributed by atoms with van der Waals surface area (Å²) in [5, 5.41) is 31.7. The van der Waals surface area contributed by atoms with Gasteiger partial charge in [0.25, 0.3) is 0 Å². The Hall–Kier alpha value is -6.35. The Labute approximate surface area is 447 Å². The first-order valence-electron chi connectivity index (χ1n) is 20.7. The number of halogens is 9. The van der Waals surface area contributed by atoms with E-state index in [0.717, 1.165) is 59.1 Å². The number of alkyl halides is 6. The van der Waals surface area contributed by atoms with E-state index in [0.29, 0.717) is 42.6 Å². The van der Waals surface area contributed by atoms with Crippen LogP contribution in [0.15, 0.2) is 161 Å². The molecule has 6 N–H and O–H groups in total. The number of nitrogens with zero attached hydrogens (tertiary/aromatic N) is 9. The number of anilines is 1. The summed E-state index contributed by atoms with van der Waals surface area (Å²) in [4.78, 5) is 37.1. The van der Waals surface area contributed by atoms with E-state index in [1.54, 1.807) is 98.4 Å². The third-order valence-electron chi connectivity index (χ3n) is 9.74. The summed E-state index contributed by atoms with van der Waals surface area (Å²) in [6.45, 7) is -0.133. The van der Waals surface area contributed by atoms with Crippen molar-refractivity contribution in [3.05, 3.63) is 161 Å². The summed E-state index contributed by atoms with van der Waals surface area (Å²) in [6, 6.07) is 21.8. The highest BCUT2D eigenvalue weighted by Gasteiger charge is 2.50. The number of fused-ring (bicyclic) bond motifs is 3. The van der Waals surface area contributed by atoms with Crippen LogP contribution < -0.4 is 15.7 Å². The standard InChI is InChI=1S/C17H15F3N4O.C13H8BrN3.C8H4Br2N2.C5H5BNO2.C4H8F3NO.2CH4/c1-16(25,17(18,19)20)10-23-14-8-13(11-2-5-21-6-3-11)24-15-9-22-7-4-12(14)15;14-11-7-12(9-1-4-15-5-2-9)17-13-8-16-6-3-10(11)13;9-6-3-8(10)12-7-4-11-2-1-5(6)7;8-6-9-5-1-3-7-4-2-5;1-3(9,2-8)4(5,6)7;;/h2-9,25H,10H2,1H3,(H,23,24);1-8H;1-4H;1-4,8H;9H,2,8H2,1H3;2*1H4/t16-;;;;3-;;/m0...0../s1. The van der Waals surface area contributed by atoms with Gasteiger partial charge in [0.05, 0.1) is 53.1 Å². The largest absolute Gasteiger partial charge is 0.569 e. The van der Waals surface area contributed by atoms with Gasteiger partial charge in [0.15, 0.2) is 11.2 Å². The number of pyridine rings is 9. The van der Waals surface area contributed by atoms with Gasteiger partial charge in [-0.2, -0.15) is 26.3 Å². The molecule has 0 unspecified atom stereocenters. The Balaban J connectivity index is 0.000000258. The van der Waals surface area contributed by atoms with Gasteiger partial charge in [-0.25, -0.2) is 15.0 Å². The van der Waals surface area contributed by atoms with Gasteiger partial charge in [-0.1, -0.05) is 30.8 Å². The molecule has 0 bridgehead atoms. The van der Waals surface area contributed by atoms with Gasteiger partial charge < -0.3 is 30.9 Å². The molecule has 389 valence electrons. The predicted molar refractivity (Wildman–Crippen MR) is 285 cm³/mol. The van der Waals surface area contributed by atoms with E-state index >= 15 is 0 Å². The summed E-state index contributed by atoms with van der Waals surface area (Å²) >= 11 is 10.3. The van der Waals surface area contributed by atoms with Crippen molar-refractivity contribution < 1.29 is 46.2 Å². The van der Waals surface area contributed by atoms with Crippen molar-refractivity contribution >= 4 is 93.9 Å². The van der Waals surface area contributed by atoms with Crippen LogP contribution >= 0.6 is 47.8 Å². The van der Waals surface area contributed by atoms with Crippen molar-refractivity contribution in [3.63, 3.8) is 0 Å². The average Bonchev–Trinajstić information content (AvgIpc) is 3.36. The molecule has 0 aliphatic rings. The normalized spacial score (nSPS) is 12.4. The van der Waals surface area contributed by atoms with Crippen LogP contribution in [0, 0.1) is 0 Å². The maximum atomic E-state index is 12.9. The van der Waals surface area contributed by atoms with E-state index in [2.05, 4.69) is 108 Å². The molecule has 0 fully saturated rings. The first-order chi connectivity index (χ1) is 34.1. The number of aromatic nitrogens is 9. The highest BCUT2D eigenvalue weighted by atomic mass is 79.9. The first-order valence-corrected chi connectivity index (χ1v) is 23.1. The summed E-state index contributed by atoms with van der Waals surface area (Å²) in [5.41, 5.74) is 5.06. The van der Waals surface area contributed by atoms with E-state index in [-0.39, 0.29) is 14.9 Å². The summed E-state index contributed by atoms with van der Waals surface area (Å²) in [5.74, 6) is 0.576. The molecule has 1 radical (unpaired) electrons. The smallest absolute Gasteiger partial charge is 0.537 e. The summed E-state index contributed by atoms with van der Waals surface area (Å²) in [7, 11) is 0.634. The zero-order valence-electron chi connectivity index (χ0n) is 37.6. The molecule has 0 saturated heterocycles. The molecule has 74 heavy (non-hydrogen) atoms. The van der Waals surface area contributed by atoms with E-state index in [4.69, 9.17) is 10.1 Å². The van der Waals surface area contributed by atoms with E-state index in [1.807, 2.05) is 36.4 Å². The Morgan fingerprint density at radius 3 is 1.38 bits per heavy atom. The lowest BCUT2D eigenvalue weighted by Crippen LogP contribution is -2.48. The summed E-state index contributed by atoms with van der Waals surface area (Å²) < 4.78 is 80.6. The second-order valence-corrected chi connectivity index (χ2v) is 17.6. The van der Waals surface area contributed by atoms with E-state index < -0.39 is 36.6 Å². The molecular formula is C49H48BBr3F6N11O4. The summed E-state index contributed by atoms with van der Waals surface area (Å²) in [6.07, 6.45) is 10.6. The average molecular weight is 1220 g/mol. The number of nitrogens with two attached hydrogens (primary N) is 1. The van der Waals surface area contributed by atoms with Gasteiger partial charge in [-0.15, -0.1) is 0 Å². The molecule has 0 amide bonds. The van der Waals surface area contributed by atoms with Gasteiger partial charge in [0, 0.05) is 104 Å². The monoisotopic (exact) mass is 1220 g/mol. The van der Waals surface area contributed by atoms with Crippen molar-refractivity contribution in [2.75, 3.05) is 18.4 Å². The van der Waals surface area contributed by atoms with Crippen molar-refractivity contribution in [1.29, 1.82) is 0 Å². The van der Waals surface area contributed by atoms with Crippen LogP contribution in [0.25, 0.3) is 55.2 Å². The SMILES string of the molecule is Brc1cc(-c2ccncc2)nc2cnccc12.Brc1cc(Br)c2ccncc2n1.C.C.C[C@](O)(CN)C(F)(F)F.C[C@](O)(CNc1cc(-c2ccncc2)nc2cnccc12)C(F)(F)F.O[B]Oc1ccncc1. The fourth-order valence-electron chi connectivity index (χ4n) is 5.57. The van der Waals surface area contributed by atoms with Gasteiger partial charge >= 0.3 is 20.0 Å². The fraction of sp³-hybridized carbons (Fsp3) is 0.204. The molecule has 0 aliphatic heterocycles. The minimum atomic E-state index is -4.74. The highest BCUT2D eigenvalue weighted by molar-refractivity contribution is 9.11. The van der Waals surface area contributed by atoms with Crippen molar-refractivity contribution in [3.8, 4) is 28.3 Å². The van der Waals surface area contributed by atoms with Crippen molar-refractivity contribution in [2.45, 2.75) is 52.3 Å². The molecule has 25 heteroatoms. The Bertz CT molecular complexity index is 3140. The lowest BCUT2D eigenvalue weighted by molar-refractivity contribution is -0.248. The van der Waals surface area contributed by atoms with E-state index in [1.165, 1.54) is 12.4 Å². The maximum Gasteiger partial charge on any atom is 0.569 e. The third-order valence-corrected chi connectivity index (χ3v) is 11.5. The molecule has 9 rings (SSSR count). The van der Waals surface area contributed by atoms with E-state index in [9.17, 15) is 31.4 Å². The fourth-order valence-corrected chi connectivity index (χ4v) is 7.40. The molecule has 0 aliphatic carbocycles. The van der Waals surface area contributed by atoms with Crippen molar-refractivity contribution in [2.24, 2.45) is 5.73 Å². The molecule has 9 aromatic heterocycles. The molecule has 0 saturated carbocycles. The molecule has 2 atom stereocenters. The van der Waals surface area contributed by atoms with Gasteiger partial charge in [-0.05, 0) is 119 Å². The number of nitrogens with one attached hydrogen (secondary N) is 1. The zero-order valence-corrected chi connectivity index (χ0v) is 42.4. The molecule has 0 aromatic carbocycles. The first kappa shape index (κ1) is 62.0. The quantitative estimate of drug-likeness (QED) is 0.0542. The van der Waals surface area contributed by atoms with Gasteiger partial charge in [-0.3, -0.25) is 29.9 Å². The topological polar surface area (TPSA) is 224 Å². The predicted octanol–water partition coefficient (Wildman–Crippen LogP) is 11.5. The Morgan fingerprint density at radius 1 is 0.554 bits per heavy atom. The minimum Gasteiger partial charge on any atom is -0.537 e. The lowest BCUT2D eigenvalue weighted by atomic mass is 10.1. The van der Waals surface area contributed by atoms with Crippen LogP contribution in [-0.2, 0) is 0 Å². The molecule has 15 nitrogen and oxygen atoms in total. The van der Waals surface area contributed by atoms with Crippen LogP contribution in [0.3, 0.4) is 0 Å². The van der Waals surface area contributed by atoms with Crippen LogP contribution in [0.4, 0.5) is 32.0 Å². The number of rotatable bonds is 8. The van der Waals surface area contributed by atoms with Crippen molar-refractivity contribution in [1.82, 2.24) is 44.9 Å². The Morgan fingerprint density at radius 2 is 0.946 bits per heavy atom. The van der Waals surface area contributed by atoms with Gasteiger partial charge in [0.1, 0.15) is 10.4 Å². The molecule has 0 spiro atoms. The number of hydrogen-bond acceptors (Lipinski definition) is 15. The second-order valence-electron chi connectivity index (χ2n) is 15.1. The molecular weight excluding hydrogens is 1170 g/mol. The molecule has 9 aromatic rings. The second kappa shape index (κ2) is 28.4. The molecule has 9 heterocycles. The third kappa shape index (κ3) is 17.7.